The van der Waals surface area contributed by atoms with Gasteiger partial charge in [-0.3, -0.25) is 9.89 Å². The third-order valence-electron chi connectivity index (χ3n) is 1.95. The molecule has 0 saturated carbocycles. The molecule has 60 valence electrons. The van der Waals surface area contributed by atoms with Gasteiger partial charge in [0.05, 0.1) is 11.7 Å². The molecule has 1 heterocycles. The van der Waals surface area contributed by atoms with E-state index in [-0.39, 0.29) is 0 Å². The molecule has 1 aromatic heterocycles. The van der Waals surface area contributed by atoms with Crippen LogP contribution in [0, 0.1) is 6.92 Å². The molecule has 1 N–H and O–H groups in total. The van der Waals surface area contributed by atoms with Gasteiger partial charge in [0.25, 0.3) is 0 Å². The maximum atomic E-state index is 10.6. The molecule has 1 aromatic carbocycles. The Morgan fingerprint density at radius 2 is 2.33 bits per heavy atom. The van der Waals surface area contributed by atoms with Crippen LogP contribution in [0.3, 0.4) is 0 Å². The van der Waals surface area contributed by atoms with Gasteiger partial charge in [0, 0.05) is 10.9 Å². The lowest BCUT2D eigenvalue weighted by Gasteiger charge is -1.96. The van der Waals surface area contributed by atoms with Crippen molar-refractivity contribution >= 4 is 17.2 Å². The summed E-state index contributed by atoms with van der Waals surface area (Å²) in [6.45, 7) is 1.91. The van der Waals surface area contributed by atoms with Gasteiger partial charge in [0.15, 0.2) is 0 Å². The number of nitrogens with zero attached hydrogens (tertiary/aromatic N) is 1. The smallest absolute Gasteiger partial charge is 0.150 e. The standard InChI is InChI=1S/C9H8N2O/c1-6-2-9-7(4-10-11-9)3-8(6)5-12/h2-5H,1H3,(H,10,11). The van der Waals surface area contributed by atoms with E-state index in [2.05, 4.69) is 10.2 Å². The second-order valence-corrected chi connectivity index (χ2v) is 2.78. The van der Waals surface area contributed by atoms with Crippen LogP contribution in [0.1, 0.15) is 15.9 Å². The Hall–Kier alpha value is -1.64. The number of nitrogens with one attached hydrogen (secondary N) is 1. The lowest BCUT2D eigenvalue weighted by Crippen LogP contribution is -1.84. The molecule has 0 aliphatic carbocycles. The lowest BCUT2D eigenvalue weighted by molar-refractivity contribution is 0.112. The average Bonchev–Trinajstić information content (AvgIpc) is 2.49. The first kappa shape index (κ1) is 7.03. The molecule has 3 heteroatoms. The first-order valence-electron chi connectivity index (χ1n) is 3.70. The predicted octanol–water partition coefficient (Wildman–Crippen LogP) is 1.68. The molecule has 0 saturated heterocycles. The SMILES string of the molecule is Cc1cc2[nH]ncc2cc1C=O. The number of aromatic nitrogens is 2. The maximum Gasteiger partial charge on any atom is 0.150 e. The summed E-state index contributed by atoms with van der Waals surface area (Å²) in [7, 11) is 0. The Balaban J connectivity index is 2.81. The number of fused-ring (bicyclic) bond motifs is 1. The number of H-pyrrole nitrogens is 1. The zero-order valence-corrected chi connectivity index (χ0v) is 6.66. The minimum absolute atomic E-state index is 0.726. The van der Waals surface area contributed by atoms with Crippen LogP contribution in [-0.2, 0) is 0 Å². The Kier molecular flexibility index (Phi) is 1.43. The van der Waals surface area contributed by atoms with E-state index in [1.54, 1.807) is 6.20 Å². The Bertz CT molecular complexity index is 431. The minimum Gasteiger partial charge on any atom is -0.298 e. The molecule has 0 fully saturated rings. The van der Waals surface area contributed by atoms with Crippen molar-refractivity contribution in [3.63, 3.8) is 0 Å². The quantitative estimate of drug-likeness (QED) is 0.645. The van der Waals surface area contributed by atoms with E-state index in [4.69, 9.17) is 0 Å². The number of aromatic amines is 1. The van der Waals surface area contributed by atoms with E-state index in [1.807, 2.05) is 19.1 Å². The molecule has 0 aliphatic rings. The largest absolute Gasteiger partial charge is 0.298 e. The number of benzene rings is 1. The van der Waals surface area contributed by atoms with Crippen molar-refractivity contribution in [3.05, 3.63) is 29.5 Å². The van der Waals surface area contributed by atoms with Crippen LogP contribution >= 0.6 is 0 Å². The first-order chi connectivity index (χ1) is 5.81. The lowest BCUT2D eigenvalue weighted by atomic mass is 10.1. The van der Waals surface area contributed by atoms with E-state index in [0.29, 0.717) is 0 Å². The fourth-order valence-corrected chi connectivity index (χ4v) is 1.24. The molecule has 0 radical (unpaired) electrons. The summed E-state index contributed by atoms with van der Waals surface area (Å²) in [6.07, 6.45) is 2.57. The van der Waals surface area contributed by atoms with Gasteiger partial charge >= 0.3 is 0 Å². The van der Waals surface area contributed by atoms with E-state index in [9.17, 15) is 4.79 Å². The third-order valence-corrected chi connectivity index (χ3v) is 1.95. The minimum atomic E-state index is 0.726. The topological polar surface area (TPSA) is 45.8 Å². The summed E-state index contributed by atoms with van der Waals surface area (Å²) in [5.74, 6) is 0. The highest BCUT2D eigenvalue weighted by atomic mass is 16.1. The van der Waals surface area contributed by atoms with Crippen LogP contribution in [0.15, 0.2) is 18.3 Å². The Morgan fingerprint density at radius 1 is 1.50 bits per heavy atom. The van der Waals surface area contributed by atoms with Crippen LogP contribution < -0.4 is 0 Å². The van der Waals surface area contributed by atoms with Gasteiger partial charge < -0.3 is 0 Å². The van der Waals surface area contributed by atoms with Gasteiger partial charge in [-0.15, -0.1) is 0 Å². The van der Waals surface area contributed by atoms with Crippen molar-refractivity contribution in [3.8, 4) is 0 Å². The van der Waals surface area contributed by atoms with Crippen molar-refractivity contribution in [2.45, 2.75) is 6.92 Å². The number of rotatable bonds is 1. The summed E-state index contributed by atoms with van der Waals surface area (Å²) < 4.78 is 0. The van der Waals surface area contributed by atoms with Crippen molar-refractivity contribution < 1.29 is 4.79 Å². The molecule has 0 spiro atoms. The summed E-state index contributed by atoms with van der Waals surface area (Å²) in [5, 5.41) is 7.70. The highest BCUT2D eigenvalue weighted by Gasteiger charge is 2.00. The van der Waals surface area contributed by atoms with Crippen molar-refractivity contribution in [2.24, 2.45) is 0 Å². The summed E-state index contributed by atoms with van der Waals surface area (Å²) in [5.41, 5.74) is 2.67. The fraction of sp³-hybridized carbons (Fsp3) is 0.111. The monoisotopic (exact) mass is 160 g/mol. The van der Waals surface area contributed by atoms with Gasteiger partial charge in [-0.05, 0) is 24.6 Å². The second kappa shape index (κ2) is 2.44. The Labute approximate surface area is 69.4 Å². The second-order valence-electron chi connectivity index (χ2n) is 2.78. The van der Waals surface area contributed by atoms with Crippen LogP contribution in [0.25, 0.3) is 10.9 Å². The molecule has 0 unspecified atom stereocenters. The van der Waals surface area contributed by atoms with Crippen molar-refractivity contribution in [1.29, 1.82) is 0 Å². The average molecular weight is 160 g/mol. The fourth-order valence-electron chi connectivity index (χ4n) is 1.24. The molecule has 12 heavy (non-hydrogen) atoms. The molecule has 2 rings (SSSR count). The molecule has 3 nitrogen and oxygen atoms in total. The number of hydrogen-bond donors (Lipinski definition) is 1. The van der Waals surface area contributed by atoms with E-state index < -0.39 is 0 Å². The molecule has 0 bridgehead atoms. The summed E-state index contributed by atoms with van der Waals surface area (Å²) in [6, 6.07) is 3.76. The van der Waals surface area contributed by atoms with Crippen molar-refractivity contribution in [2.75, 3.05) is 0 Å². The maximum absolute atomic E-state index is 10.6. The number of aryl methyl sites for hydroxylation is 1. The summed E-state index contributed by atoms with van der Waals surface area (Å²) >= 11 is 0. The predicted molar refractivity (Wildman–Crippen MR) is 46.2 cm³/mol. The van der Waals surface area contributed by atoms with Crippen LogP contribution in [0.5, 0.6) is 0 Å². The van der Waals surface area contributed by atoms with Gasteiger partial charge in [0.2, 0.25) is 0 Å². The molecule has 0 amide bonds. The third kappa shape index (κ3) is 0.906. The molecule has 0 aliphatic heterocycles. The van der Waals surface area contributed by atoms with Crippen LogP contribution in [-0.4, -0.2) is 16.5 Å². The van der Waals surface area contributed by atoms with Crippen molar-refractivity contribution in [1.82, 2.24) is 10.2 Å². The van der Waals surface area contributed by atoms with E-state index in [1.165, 1.54) is 0 Å². The zero-order valence-electron chi connectivity index (χ0n) is 6.66. The molecular formula is C9H8N2O. The molecule has 2 aromatic rings. The highest BCUT2D eigenvalue weighted by molar-refractivity contribution is 5.88. The zero-order chi connectivity index (χ0) is 8.55. The molecular weight excluding hydrogens is 152 g/mol. The van der Waals surface area contributed by atoms with Gasteiger partial charge in [-0.2, -0.15) is 5.10 Å². The Morgan fingerprint density at radius 3 is 3.08 bits per heavy atom. The molecule has 0 atom stereocenters. The van der Waals surface area contributed by atoms with Gasteiger partial charge in [0.1, 0.15) is 6.29 Å². The van der Waals surface area contributed by atoms with E-state index in [0.717, 1.165) is 28.3 Å². The number of aldehydes is 1. The summed E-state index contributed by atoms with van der Waals surface area (Å²) in [4.78, 5) is 10.6. The number of hydrogen-bond acceptors (Lipinski definition) is 2. The van der Waals surface area contributed by atoms with Gasteiger partial charge in [-0.1, -0.05) is 0 Å². The van der Waals surface area contributed by atoms with Crippen LogP contribution in [0.4, 0.5) is 0 Å². The highest BCUT2D eigenvalue weighted by Crippen LogP contribution is 2.15. The van der Waals surface area contributed by atoms with E-state index >= 15 is 0 Å². The van der Waals surface area contributed by atoms with Crippen LogP contribution in [0.2, 0.25) is 0 Å². The normalized spacial score (nSPS) is 10.4. The number of carbonyl (C=O) groups excluding carboxylic acids is 1. The van der Waals surface area contributed by atoms with Gasteiger partial charge in [-0.25, -0.2) is 0 Å². The number of carbonyl (C=O) groups is 1. The first-order valence-corrected chi connectivity index (χ1v) is 3.70.